The molecular weight excluding hydrogens is 168 g/mol. The molecule has 0 aromatic carbocycles. The molecule has 13 heavy (non-hydrogen) atoms. The van der Waals surface area contributed by atoms with Gasteiger partial charge in [-0.2, -0.15) is 0 Å². The van der Waals surface area contributed by atoms with Crippen molar-refractivity contribution in [2.45, 2.75) is 20.0 Å². The van der Waals surface area contributed by atoms with Crippen LogP contribution in [0.25, 0.3) is 0 Å². The smallest absolute Gasteiger partial charge is 0.0894 e. The third kappa shape index (κ3) is 6.95. The normalized spacial score (nSPS) is 13.6. The van der Waals surface area contributed by atoms with E-state index < -0.39 is 6.10 Å². The van der Waals surface area contributed by atoms with Gasteiger partial charge in [0.05, 0.1) is 12.7 Å². The first kappa shape index (κ1) is 12.8. The molecule has 0 aliphatic heterocycles. The quantitative estimate of drug-likeness (QED) is 0.442. The van der Waals surface area contributed by atoms with E-state index in [0.717, 1.165) is 26.2 Å². The highest BCUT2D eigenvalue weighted by Gasteiger charge is 2.01. The molecular formula is C9H22N2O2. The van der Waals surface area contributed by atoms with Crippen molar-refractivity contribution >= 4 is 0 Å². The van der Waals surface area contributed by atoms with E-state index in [1.165, 1.54) is 0 Å². The van der Waals surface area contributed by atoms with Crippen LogP contribution in [0.3, 0.4) is 0 Å². The topological polar surface area (TPSA) is 55.7 Å². The Hall–Kier alpha value is -0.160. The predicted octanol–water partition coefficient (Wildman–Crippen LogP) is -0.729. The molecule has 0 amide bonds. The molecule has 0 radical (unpaired) electrons. The minimum Gasteiger partial charge on any atom is -0.394 e. The van der Waals surface area contributed by atoms with Crippen molar-refractivity contribution in [1.82, 2.24) is 10.2 Å². The summed E-state index contributed by atoms with van der Waals surface area (Å²) in [4.78, 5) is 2.30. The number of hydrogen-bond donors (Lipinski definition) is 3. The molecule has 0 saturated heterocycles. The second kappa shape index (κ2) is 8.44. The highest BCUT2D eigenvalue weighted by atomic mass is 16.3. The van der Waals surface area contributed by atoms with E-state index >= 15 is 0 Å². The first-order valence-electron chi connectivity index (χ1n) is 4.96. The Kier molecular flexibility index (Phi) is 8.33. The van der Waals surface area contributed by atoms with Crippen LogP contribution < -0.4 is 5.32 Å². The first-order chi connectivity index (χ1) is 6.24. The Morgan fingerprint density at radius 3 is 2.38 bits per heavy atom. The van der Waals surface area contributed by atoms with E-state index in [9.17, 15) is 0 Å². The van der Waals surface area contributed by atoms with Gasteiger partial charge in [0.1, 0.15) is 0 Å². The van der Waals surface area contributed by atoms with Crippen LogP contribution in [0, 0.1) is 0 Å². The molecule has 3 N–H and O–H groups in total. The summed E-state index contributed by atoms with van der Waals surface area (Å²) >= 11 is 0. The molecule has 0 aliphatic carbocycles. The van der Waals surface area contributed by atoms with Crippen LogP contribution in [0.15, 0.2) is 0 Å². The zero-order chi connectivity index (χ0) is 10.1. The number of aliphatic hydroxyl groups is 2. The predicted molar refractivity (Wildman–Crippen MR) is 53.8 cm³/mol. The van der Waals surface area contributed by atoms with E-state index in [1.807, 2.05) is 0 Å². The van der Waals surface area contributed by atoms with Crippen LogP contribution >= 0.6 is 0 Å². The van der Waals surface area contributed by atoms with Gasteiger partial charge in [0.2, 0.25) is 0 Å². The molecule has 0 fully saturated rings. The summed E-state index contributed by atoms with van der Waals surface area (Å²) in [6.45, 7) is 8.53. The zero-order valence-corrected chi connectivity index (χ0v) is 8.66. The van der Waals surface area contributed by atoms with Gasteiger partial charge in [-0.3, -0.25) is 0 Å². The van der Waals surface area contributed by atoms with Crippen molar-refractivity contribution in [3.8, 4) is 0 Å². The van der Waals surface area contributed by atoms with Crippen LogP contribution in [0.4, 0.5) is 0 Å². The van der Waals surface area contributed by atoms with Crippen molar-refractivity contribution in [3.63, 3.8) is 0 Å². The third-order valence-electron chi connectivity index (χ3n) is 2.09. The largest absolute Gasteiger partial charge is 0.394 e. The number of nitrogens with one attached hydrogen (secondary N) is 1. The molecule has 0 rings (SSSR count). The number of aliphatic hydroxyl groups excluding tert-OH is 2. The number of nitrogens with zero attached hydrogens (tertiary/aromatic N) is 1. The lowest BCUT2D eigenvalue weighted by Crippen LogP contribution is -2.36. The molecule has 80 valence electrons. The van der Waals surface area contributed by atoms with Crippen molar-refractivity contribution < 1.29 is 10.2 Å². The lowest BCUT2D eigenvalue weighted by atomic mass is 10.3. The summed E-state index contributed by atoms with van der Waals surface area (Å²) in [6, 6.07) is 0. The van der Waals surface area contributed by atoms with Crippen LogP contribution in [0.1, 0.15) is 13.8 Å². The number of likely N-dealkylation sites (N-methyl/N-ethyl adjacent to an activating group) is 1. The lowest BCUT2D eigenvalue weighted by Gasteiger charge is -2.18. The van der Waals surface area contributed by atoms with Crippen molar-refractivity contribution in [1.29, 1.82) is 0 Å². The lowest BCUT2D eigenvalue weighted by molar-refractivity contribution is 0.0939. The molecule has 0 aliphatic rings. The summed E-state index contributed by atoms with van der Waals surface area (Å²) in [5.74, 6) is 0. The van der Waals surface area contributed by atoms with Gasteiger partial charge in [0.25, 0.3) is 0 Å². The molecule has 0 unspecified atom stereocenters. The Morgan fingerprint density at radius 1 is 1.31 bits per heavy atom. The van der Waals surface area contributed by atoms with Crippen LogP contribution in [-0.2, 0) is 0 Å². The van der Waals surface area contributed by atoms with Gasteiger partial charge in [-0.25, -0.2) is 0 Å². The molecule has 0 aromatic rings. The van der Waals surface area contributed by atoms with Crippen LogP contribution in [0.5, 0.6) is 0 Å². The summed E-state index contributed by atoms with van der Waals surface area (Å²) < 4.78 is 0. The molecule has 1 atom stereocenters. The summed E-state index contributed by atoms with van der Waals surface area (Å²) in [6.07, 6.45) is -0.628. The SMILES string of the molecule is CCN(CC)CCNC[C@H](O)CO. The van der Waals surface area contributed by atoms with Gasteiger partial charge >= 0.3 is 0 Å². The molecule has 0 bridgehead atoms. The zero-order valence-electron chi connectivity index (χ0n) is 8.66. The highest BCUT2D eigenvalue weighted by Crippen LogP contribution is 1.84. The maximum atomic E-state index is 9.01. The van der Waals surface area contributed by atoms with Gasteiger partial charge in [0, 0.05) is 19.6 Å². The first-order valence-corrected chi connectivity index (χ1v) is 4.96. The molecule has 0 spiro atoms. The second-order valence-electron chi connectivity index (χ2n) is 3.07. The fourth-order valence-electron chi connectivity index (χ4n) is 1.11. The summed E-state index contributed by atoms with van der Waals surface area (Å²) in [5.41, 5.74) is 0. The number of rotatable bonds is 8. The van der Waals surface area contributed by atoms with E-state index in [1.54, 1.807) is 0 Å². The second-order valence-corrected chi connectivity index (χ2v) is 3.07. The average molecular weight is 190 g/mol. The molecule has 0 saturated carbocycles. The molecule has 4 nitrogen and oxygen atoms in total. The summed E-state index contributed by atoms with van der Waals surface area (Å²) in [5, 5.41) is 20.6. The van der Waals surface area contributed by atoms with Gasteiger partial charge < -0.3 is 20.4 Å². The Bertz CT molecular complexity index is 108. The van der Waals surface area contributed by atoms with E-state index in [2.05, 4.69) is 24.1 Å². The standard InChI is InChI=1S/C9H22N2O2/c1-3-11(4-2)6-5-10-7-9(13)8-12/h9-10,12-13H,3-8H2,1-2H3/t9-/m0/s1. The van der Waals surface area contributed by atoms with Crippen molar-refractivity contribution in [2.75, 3.05) is 39.3 Å². The Balaban J connectivity index is 3.23. The Labute approximate surface area is 80.6 Å². The van der Waals surface area contributed by atoms with Gasteiger partial charge in [-0.05, 0) is 13.1 Å². The fraction of sp³-hybridized carbons (Fsp3) is 1.00. The minimum absolute atomic E-state index is 0.168. The molecule has 4 heteroatoms. The number of hydrogen-bond acceptors (Lipinski definition) is 4. The van der Waals surface area contributed by atoms with Gasteiger partial charge in [-0.1, -0.05) is 13.8 Å². The van der Waals surface area contributed by atoms with Gasteiger partial charge in [-0.15, -0.1) is 0 Å². The van der Waals surface area contributed by atoms with Crippen molar-refractivity contribution in [3.05, 3.63) is 0 Å². The van der Waals surface area contributed by atoms with Gasteiger partial charge in [0.15, 0.2) is 0 Å². The van der Waals surface area contributed by atoms with E-state index in [4.69, 9.17) is 10.2 Å². The maximum absolute atomic E-state index is 9.01. The monoisotopic (exact) mass is 190 g/mol. The average Bonchev–Trinajstić information content (AvgIpc) is 2.18. The third-order valence-corrected chi connectivity index (χ3v) is 2.09. The summed E-state index contributed by atoms with van der Waals surface area (Å²) in [7, 11) is 0. The van der Waals surface area contributed by atoms with Crippen LogP contribution in [-0.4, -0.2) is 60.5 Å². The fourth-order valence-corrected chi connectivity index (χ4v) is 1.11. The van der Waals surface area contributed by atoms with Crippen molar-refractivity contribution in [2.24, 2.45) is 0 Å². The van der Waals surface area contributed by atoms with E-state index in [0.29, 0.717) is 6.54 Å². The maximum Gasteiger partial charge on any atom is 0.0894 e. The molecule has 0 heterocycles. The highest BCUT2D eigenvalue weighted by molar-refractivity contribution is 4.59. The molecule has 0 aromatic heterocycles. The minimum atomic E-state index is -0.628. The van der Waals surface area contributed by atoms with Crippen LogP contribution in [0.2, 0.25) is 0 Å². The Morgan fingerprint density at radius 2 is 1.92 bits per heavy atom. The van der Waals surface area contributed by atoms with E-state index in [-0.39, 0.29) is 6.61 Å².